The van der Waals surface area contributed by atoms with Gasteiger partial charge in [0.1, 0.15) is 17.3 Å². The SMILES string of the molecule is Cc1nnc(Cc2ccccc2O)[nH]c1=O. The minimum atomic E-state index is -0.250. The predicted molar refractivity (Wildman–Crippen MR) is 58.3 cm³/mol. The molecule has 1 aromatic carbocycles. The smallest absolute Gasteiger partial charge is 0.272 e. The molecule has 0 spiro atoms. The van der Waals surface area contributed by atoms with E-state index in [1.54, 1.807) is 25.1 Å². The molecule has 0 fully saturated rings. The average molecular weight is 217 g/mol. The first-order valence-electron chi connectivity index (χ1n) is 4.86. The molecule has 0 atom stereocenters. The number of hydrogen-bond donors (Lipinski definition) is 2. The number of nitrogens with one attached hydrogen (secondary N) is 1. The third-order valence-corrected chi connectivity index (χ3v) is 2.26. The molecule has 16 heavy (non-hydrogen) atoms. The van der Waals surface area contributed by atoms with Crippen molar-refractivity contribution in [3.63, 3.8) is 0 Å². The second-order valence-electron chi connectivity index (χ2n) is 3.49. The molecular weight excluding hydrogens is 206 g/mol. The second-order valence-corrected chi connectivity index (χ2v) is 3.49. The molecule has 0 unspecified atom stereocenters. The standard InChI is InChI=1S/C11H11N3O2/c1-7-11(16)12-10(14-13-7)6-8-4-2-3-5-9(8)15/h2-5,15H,6H2,1H3,(H,12,14,16). The van der Waals surface area contributed by atoms with Crippen molar-refractivity contribution in [1.82, 2.24) is 15.2 Å². The van der Waals surface area contributed by atoms with Crippen LogP contribution in [0.4, 0.5) is 0 Å². The number of hydrogen-bond acceptors (Lipinski definition) is 4. The van der Waals surface area contributed by atoms with E-state index in [1.807, 2.05) is 6.07 Å². The Morgan fingerprint density at radius 3 is 2.75 bits per heavy atom. The molecule has 1 heterocycles. The van der Waals surface area contributed by atoms with Crippen LogP contribution in [0.25, 0.3) is 0 Å². The van der Waals surface area contributed by atoms with Crippen LogP contribution >= 0.6 is 0 Å². The van der Waals surface area contributed by atoms with E-state index < -0.39 is 0 Å². The Balaban J connectivity index is 2.31. The Labute approximate surface area is 91.8 Å². The molecule has 0 amide bonds. The zero-order valence-corrected chi connectivity index (χ0v) is 8.77. The summed E-state index contributed by atoms with van der Waals surface area (Å²) >= 11 is 0. The molecule has 82 valence electrons. The van der Waals surface area contributed by atoms with Gasteiger partial charge in [-0.15, -0.1) is 10.2 Å². The number of phenolic OH excluding ortho intramolecular Hbond substituents is 1. The first kappa shape index (κ1) is 10.4. The fourth-order valence-electron chi connectivity index (χ4n) is 1.35. The van der Waals surface area contributed by atoms with Gasteiger partial charge >= 0.3 is 0 Å². The minimum Gasteiger partial charge on any atom is -0.508 e. The van der Waals surface area contributed by atoms with E-state index in [-0.39, 0.29) is 11.3 Å². The molecular formula is C11H11N3O2. The Morgan fingerprint density at radius 1 is 1.31 bits per heavy atom. The molecule has 1 aromatic heterocycles. The lowest BCUT2D eigenvalue weighted by molar-refractivity contribution is 0.469. The van der Waals surface area contributed by atoms with E-state index in [0.717, 1.165) is 0 Å². The molecule has 0 radical (unpaired) electrons. The Morgan fingerprint density at radius 2 is 2.06 bits per heavy atom. The normalized spacial score (nSPS) is 10.3. The van der Waals surface area contributed by atoms with Gasteiger partial charge in [0.25, 0.3) is 5.56 Å². The first-order chi connectivity index (χ1) is 7.66. The van der Waals surface area contributed by atoms with E-state index in [4.69, 9.17) is 0 Å². The highest BCUT2D eigenvalue weighted by Gasteiger charge is 2.04. The van der Waals surface area contributed by atoms with Crippen molar-refractivity contribution in [2.75, 3.05) is 0 Å². The molecule has 5 nitrogen and oxygen atoms in total. The highest BCUT2D eigenvalue weighted by atomic mass is 16.3. The third kappa shape index (κ3) is 2.08. The van der Waals surface area contributed by atoms with Crippen molar-refractivity contribution in [3.8, 4) is 5.75 Å². The number of H-pyrrole nitrogens is 1. The van der Waals surface area contributed by atoms with Crippen LogP contribution in [0.2, 0.25) is 0 Å². The second kappa shape index (κ2) is 4.14. The minimum absolute atomic E-state index is 0.186. The van der Waals surface area contributed by atoms with Crippen LogP contribution in [0.1, 0.15) is 17.1 Å². The van der Waals surface area contributed by atoms with E-state index in [9.17, 15) is 9.90 Å². The molecule has 0 aliphatic rings. The molecule has 2 N–H and O–H groups in total. The monoisotopic (exact) mass is 217 g/mol. The maximum absolute atomic E-state index is 11.3. The first-order valence-corrected chi connectivity index (χ1v) is 4.86. The lowest BCUT2D eigenvalue weighted by atomic mass is 10.1. The van der Waals surface area contributed by atoms with Crippen LogP contribution in [-0.4, -0.2) is 20.3 Å². The van der Waals surface area contributed by atoms with Gasteiger partial charge in [-0.25, -0.2) is 0 Å². The quantitative estimate of drug-likeness (QED) is 0.778. The fourth-order valence-corrected chi connectivity index (χ4v) is 1.35. The van der Waals surface area contributed by atoms with Gasteiger partial charge in [0, 0.05) is 12.0 Å². The van der Waals surface area contributed by atoms with Gasteiger partial charge in [0.15, 0.2) is 0 Å². The van der Waals surface area contributed by atoms with Crippen molar-refractivity contribution in [2.45, 2.75) is 13.3 Å². The number of benzene rings is 1. The molecule has 2 rings (SSSR count). The number of aromatic nitrogens is 3. The third-order valence-electron chi connectivity index (χ3n) is 2.26. The van der Waals surface area contributed by atoms with Gasteiger partial charge in [-0.3, -0.25) is 4.79 Å². The van der Waals surface area contributed by atoms with Crippen LogP contribution in [0, 0.1) is 6.92 Å². The van der Waals surface area contributed by atoms with Crippen molar-refractivity contribution < 1.29 is 5.11 Å². The summed E-state index contributed by atoms with van der Waals surface area (Å²) in [6.07, 6.45) is 0.356. The lowest BCUT2D eigenvalue weighted by Gasteiger charge is -2.02. The number of para-hydroxylation sites is 1. The number of aromatic amines is 1. The summed E-state index contributed by atoms with van der Waals surface area (Å²) in [5.74, 6) is 0.628. The number of aryl methyl sites for hydroxylation is 1. The summed E-state index contributed by atoms with van der Waals surface area (Å²) in [6.45, 7) is 1.59. The van der Waals surface area contributed by atoms with Crippen molar-refractivity contribution in [3.05, 3.63) is 51.7 Å². The molecule has 2 aromatic rings. The highest BCUT2D eigenvalue weighted by Crippen LogP contribution is 2.17. The maximum Gasteiger partial charge on any atom is 0.272 e. The Bertz CT molecular complexity index is 563. The summed E-state index contributed by atoms with van der Waals surface area (Å²) in [6, 6.07) is 6.92. The van der Waals surface area contributed by atoms with E-state index >= 15 is 0 Å². The van der Waals surface area contributed by atoms with Gasteiger partial charge in [0.05, 0.1) is 0 Å². The zero-order chi connectivity index (χ0) is 11.5. The van der Waals surface area contributed by atoms with E-state index in [0.29, 0.717) is 23.5 Å². The molecule has 5 heteroatoms. The van der Waals surface area contributed by atoms with Crippen molar-refractivity contribution in [1.29, 1.82) is 0 Å². The lowest BCUT2D eigenvalue weighted by Crippen LogP contribution is -2.16. The molecule has 0 aliphatic carbocycles. The molecule has 0 saturated carbocycles. The van der Waals surface area contributed by atoms with Crippen LogP contribution in [0.3, 0.4) is 0 Å². The number of aromatic hydroxyl groups is 1. The summed E-state index contributed by atoms with van der Waals surface area (Å²) in [5.41, 5.74) is 0.790. The molecule has 0 bridgehead atoms. The zero-order valence-electron chi connectivity index (χ0n) is 8.77. The number of nitrogens with zero attached hydrogens (tertiary/aromatic N) is 2. The van der Waals surface area contributed by atoms with Gasteiger partial charge in [-0.05, 0) is 13.0 Å². The van der Waals surface area contributed by atoms with Crippen LogP contribution in [0.5, 0.6) is 5.75 Å². The van der Waals surface area contributed by atoms with Gasteiger partial charge in [-0.2, -0.15) is 0 Å². The summed E-state index contributed by atoms with van der Waals surface area (Å²) in [7, 11) is 0. The maximum atomic E-state index is 11.3. The topological polar surface area (TPSA) is 78.9 Å². The Hall–Kier alpha value is -2.17. The van der Waals surface area contributed by atoms with Crippen molar-refractivity contribution >= 4 is 0 Å². The van der Waals surface area contributed by atoms with E-state index in [2.05, 4.69) is 15.2 Å². The van der Waals surface area contributed by atoms with Crippen LogP contribution in [-0.2, 0) is 6.42 Å². The molecule has 0 aliphatic heterocycles. The van der Waals surface area contributed by atoms with Gasteiger partial charge < -0.3 is 10.1 Å². The average Bonchev–Trinajstić information content (AvgIpc) is 2.27. The highest BCUT2D eigenvalue weighted by molar-refractivity contribution is 5.33. The summed E-state index contributed by atoms with van der Waals surface area (Å²) < 4.78 is 0. The van der Waals surface area contributed by atoms with Gasteiger partial charge in [0.2, 0.25) is 0 Å². The molecule has 0 saturated heterocycles. The number of phenols is 1. The van der Waals surface area contributed by atoms with Gasteiger partial charge in [-0.1, -0.05) is 18.2 Å². The predicted octanol–water partition coefficient (Wildman–Crippen LogP) is 0.770. The largest absolute Gasteiger partial charge is 0.508 e. The fraction of sp³-hybridized carbons (Fsp3) is 0.182. The van der Waals surface area contributed by atoms with Crippen LogP contribution in [0.15, 0.2) is 29.1 Å². The summed E-state index contributed by atoms with van der Waals surface area (Å²) in [5, 5.41) is 17.1. The van der Waals surface area contributed by atoms with Crippen LogP contribution < -0.4 is 5.56 Å². The van der Waals surface area contributed by atoms with Crippen molar-refractivity contribution in [2.24, 2.45) is 0 Å². The number of rotatable bonds is 2. The van der Waals surface area contributed by atoms with E-state index in [1.165, 1.54) is 0 Å². The Kier molecular flexibility index (Phi) is 2.68. The summed E-state index contributed by atoms with van der Waals surface area (Å²) in [4.78, 5) is 13.9.